The number of hydrogen-bond acceptors (Lipinski definition) is 5. The molecule has 3 aromatic carbocycles. The van der Waals surface area contributed by atoms with Crippen LogP contribution in [-0.4, -0.2) is 25.0 Å². The molecule has 0 saturated heterocycles. The summed E-state index contributed by atoms with van der Waals surface area (Å²) in [4.78, 5) is 25.0. The molecule has 13 heteroatoms. The van der Waals surface area contributed by atoms with Crippen molar-refractivity contribution in [1.82, 2.24) is 0 Å². The molecular formula is C27H19Cl2F3IN3O4. The van der Waals surface area contributed by atoms with Crippen LogP contribution in [0.2, 0.25) is 10.0 Å². The number of amides is 2. The standard InChI is InChI=1S/C27H19Cl2F3IN3O4/c1-2-39-23-10-15(8-16(13-34)26(38)36-18-5-3-4-17(11-18)27(30,31)32)9-22(33)25(23)40-14-24(37)35-19-6-7-20(28)21(29)12-19/h3-12H,2,14H2,1H3,(H,35,37)(H,36,38)/b16-8+. The third-order valence-corrected chi connectivity index (χ3v) is 6.55. The van der Waals surface area contributed by atoms with Crippen molar-refractivity contribution in [1.29, 1.82) is 5.26 Å². The molecular weight excluding hydrogens is 685 g/mol. The van der Waals surface area contributed by atoms with Crippen molar-refractivity contribution in [3.63, 3.8) is 0 Å². The fraction of sp³-hybridized carbons (Fsp3) is 0.148. The topological polar surface area (TPSA) is 100 Å². The van der Waals surface area contributed by atoms with Crippen LogP contribution in [0.1, 0.15) is 18.1 Å². The van der Waals surface area contributed by atoms with Gasteiger partial charge in [0.2, 0.25) is 0 Å². The van der Waals surface area contributed by atoms with Gasteiger partial charge in [0, 0.05) is 11.4 Å². The molecule has 2 amide bonds. The van der Waals surface area contributed by atoms with Crippen LogP contribution >= 0.6 is 45.8 Å². The second kappa shape index (κ2) is 13.7. The Morgan fingerprint density at radius 1 is 1.02 bits per heavy atom. The zero-order valence-corrected chi connectivity index (χ0v) is 24.2. The monoisotopic (exact) mass is 703 g/mol. The molecule has 0 bridgehead atoms. The predicted octanol–water partition coefficient (Wildman–Crippen LogP) is 7.58. The lowest BCUT2D eigenvalue weighted by Crippen LogP contribution is -2.20. The van der Waals surface area contributed by atoms with E-state index in [0.29, 0.717) is 19.8 Å². The van der Waals surface area contributed by atoms with E-state index >= 15 is 0 Å². The molecule has 0 aliphatic carbocycles. The molecule has 40 heavy (non-hydrogen) atoms. The number of carbonyl (C=O) groups is 2. The van der Waals surface area contributed by atoms with Crippen LogP contribution in [0, 0.1) is 14.9 Å². The van der Waals surface area contributed by atoms with E-state index in [0.717, 1.165) is 18.2 Å². The number of ether oxygens (including phenoxy) is 2. The molecule has 0 fully saturated rings. The van der Waals surface area contributed by atoms with E-state index in [1.807, 2.05) is 22.6 Å². The van der Waals surface area contributed by atoms with Gasteiger partial charge in [-0.25, -0.2) is 0 Å². The summed E-state index contributed by atoms with van der Waals surface area (Å²) in [6.45, 7) is 1.62. The molecule has 0 aromatic heterocycles. The Balaban J connectivity index is 1.78. The Labute approximate surface area is 251 Å². The van der Waals surface area contributed by atoms with Crippen molar-refractivity contribution >= 4 is 75.1 Å². The number of anilines is 2. The zero-order chi connectivity index (χ0) is 29.4. The molecule has 7 nitrogen and oxygen atoms in total. The lowest BCUT2D eigenvalue weighted by atomic mass is 10.1. The van der Waals surface area contributed by atoms with Crippen LogP contribution in [0.4, 0.5) is 24.5 Å². The number of alkyl halides is 3. The van der Waals surface area contributed by atoms with Gasteiger partial charge in [0.05, 0.1) is 25.8 Å². The van der Waals surface area contributed by atoms with Crippen molar-refractivity contribution in [3.8, 4) is 17.6 Å². The summed E-state index contributed by atoms with van der Waals surface area (Å²) in [5.41, 5.74) is -0.601. The number of halogens is 6. The molecule has 3 rings (SSSR count). The van der Waals surface area contributed by atoms with Gasteiger partial charge in [-0.05, 0) is 89.7 Å². The summed E-state index contributed by atoms with van der Waals surface area (Å²) in [5, 5.41) is 15.1. The van der Waals surface area contributed by atoms with Crippen LogP contribution in [-0.2, 0) is 15.8 Å². The average Bonchev–Trinajstić information content (AvgIpc) is 2.88. The van der Waals surface area contributed by atoms with E-state index in [-0.39, 0.29) is 41.0 Å². The minimum atomic E-state index is -4.59. The fourth-order valence-electron chi connectivity index (χ4n) is 3.27. The summed E-state index contributed by atoms with van der Waals surface area (Å²) in [6, 6.07) is 13.5. The maximum absolute atomic E-state index is 13.0. The number of hydrogen-bond donors (Lipinski definition) is 2. The molecule has 0 spiro atoms. The lowest BCUT2D eigenvalue weighted by molar-refractivity contribution is -0.137. The van der Waals surface area contributed by atoms with E-state index in [1.165, 1.54) is 30.3 Å². The van der Waals surface area contributed by atoms with Crippen LogP contribution in [0.3, 0.4) is 0 Å². The molecule has 0 aliphatic rings. The minimum Gasteiger partial charge on any atom is -0.490 e. The van der Waals surface area contributed by atoms with Crippen molar-refractivity contribution in [2.24, 2.45) is 0 Å². The fourth-order valence-corrected chi connectivity index (χ4v) is 4.35. The first-order chi connectivity index (χ1) is 18.9. The van der Waals surface area contributed by atoms with E-state index in [4.69, 9.17) is 32.7 Å². The Morgan fingerprint density at radius 3 is 2.40 bits per heavy atom. The first-order valence-electron chi connectivity index (χ1n) is 11.4. The van der Waals surface area contributed by atoms with Gasteiger partial charge in [-0.15, -0.1) is 0 Å². The molecule has 2 N–H and O–H groups in total. The van der Waals surface area contributed by atoms with Crippen LogP contribution in [0.25, 0.3) is 6.08 Å². The third kappa shape index (κ3) is 8.51. The largest absolute Gasteiger partial charge is 0.490 e. The summed E-state index contributed by atoms with van der Waals surface area (Å²) >= 11 is 13.8. The molecule has 0 saturated carbocycles. The van der Waals surface area contributed by atoms with Gasteiger partial charge in [0.1, 0.15) is 11.6 Å². The number of nitriles is 1. The molecule has 3 aromatic rings. The smallest absolute Gasteiger partial charge is 0.416 e. The van der Waals surface area contributed by atoms with Gasteiger partial charge in [0.25, 0.3) is 11.8 Å². The zero-order valence-electron chi connectivity index (χ0n) is 20.5. The SMILES string of the molecule is CCOc1cc(/C=C(\C#N)C(=O)Nc2cccc(C(F)(F)F)c2)cc(I)c1OCC(=O)Nc1ccc(Cl)c(Cl)c1. The highest BCUT2D eigenvalue weighted by atomic mass is 127. The number of benzene rings is 3. The minimum absolute atomic E-state index is 0.117. The second-order valence-corrected chi connectivity index (χ2v) is 9.91. The Kier molecular flexibility index (Phi) is 10.7. The third-order valence-electron chi connectivity index (χ3n) is 5.01. The first kappa shape index (κ1) is 31.1. The number of carbonyl (C=O) groups excluding carboxylic acids is 2. The van der Waals surface area contributed by atoms with Crippen molar-refractivity contribution in [2.45, 2.75) is 13.1 Å². The highest BCUT2D eigenvalue weighted by Crippen LogP contribution is 2.35. The summed E-state index contributed by atoms with van der Waals surface area (Å²) in [7, 11) is 0. The highest BCUT2D eigenvalue weighted by Gasteiger charge is 2.30. The van der Waals surface area contributed by atoms with Gasteiger partial charge < -0.3 is 20.1 Å². The predicted molar refractivity (Wildman–Crippen MR) is 155 cm³/mol. The van der Waals surface area contributed by atoms with Crippen LogP contribution in [0.5, 0.6) is 11.5 Å². The maximum atomic E-state index is 13.0. The normalized spacial score (nSPS) is 11.4. The van der Waals surface area contributed by atoms with Crippen LogP contribution in [0.15, 0.2) is 60.2 Å². The Hall–Kier alpha value is -3.47. The van der Waals surface area contributed by atoms with Gasteiger partial charge >= 0.3 is 6.18 Å². The van der Waals surface area contributed by atoms with E-state index in [9.17, 15) is 28.0 Å². The van der Waals surface area contributed by atoms with E-state index in [1.54, 1.807) is 25.1 Å². The van der Waals surface area contributed by atoms with Crippen LogP contribution < -0.4 is 20.1 Å². The molecule has 0 heterocycles. The molecule has 0 atom stereocenters. The van der Waals surface area contributed by atoms with Crippen molar-refractivity contribution in [2.75, 3.05) is 23.8 Å². The van der Waals surface area contributed by atoms with Gasteiger partial charge in [0.15, 0.2) is 18.1 Å². The first-order valence-corrected chi connectivity index (χ1v) is 13.2. The summed E-state index contributed by atoms with van der Waals surface area (Å²) < 4.78 is 50.8. The maximum Gasteiger partial charge on any atom is 0.416 e. The van der Waals surface area contributed by atoms with E-state index in [2.05, 4.69) is 10.6 Å². The van der Waals surface area contributed by atoms with Gasteiger partial charge in [-0.3, -0.25) is 9.59 Å². The van der Waals surface area contributed by atoms with Crippen molar-refractivity contribution in [3.05, 3.63) is 84.9 Å². The molecule has 0 radical (unpaired) electrons. The summed E-state index contributed by atoms with van der Waals surface area (Å²) in [6.07, 6.45) is -3.33. The van der Waals surface area contributed by atoms with Crippen molar-refractivity contribution < 1.29 is 32.2 Å². The number of nitrogens with zero attached hydrogens (tertiary/aromatic N) is 1. The summed E-state index contributed by atoms with van der Waals surface area (Å²) in [5.74, 6) is -0.859. The Morgan fingerprint density at radius 2 is 1.75 bits per heavy atom. The van der Waals surface area contributed by atoms with Gasteiger partial charge in [-0.1, -0.05) is 29.3 Å². The Bertz CT molecular complexity index is 1510. The second-order valence-electron chi connectivity index (χ2n) is 7.93. The lowest BCUT2D eigenvalue weighted by Gasteiger charge is -2.15. The molecule has 0 unspecified atom stereocenters. The number of rotatable bonds is 9. The highest BCUT2D eigenvalue weighted by molar-refractivity contribution is 14.1. The van der Waals surface area contributed by atoms with Gasteiger partial charge in [-0.2, -0.15) is 18.4 Å². The molecule has 0 aliphatic heterocycles. The quantitative estimate of drug-likeness (QED) is 0.136. The van der Waals surface area contributed by atoms with E-state index < -0.39 is 23.6 Å². The average molecular weight is 704 g/mol. The molecule has 208 valence electrons. The number of nitrogens with one attached hydrogen (secondary N) is 2.